The molecule has 0 saturated carbocycles. The van der Waals surface area contributed by atoms with Gasteiger partial charge in [0.05, 0.1) is 5.69 Å². The SMILES string of the molecule is OB(O)O.[NaH].c1cc2cc-2n1. The average Bonchev–Trinajstić information content (AvgIpc) is 2.40. The fourth-order valence-corrected chi connectivity index (χ4v) is 0.554. The molecule has 0 bridgehead atoms. The predicted molar refractivity (Wildman–Crippen MR) is 42.8 cm³/mol. The van der Waals surface area contributed by atoms with E-state index in [1.165, 1.54) is 11.3 Å². The monoisotopic (exact) mass is 163 g/mol. The van der Waals surface area contributed by atoms with E-state index < -0.39 is 7.32 Å². The summed E-state index contributed by atoms with van der Waals surface area (Å²) in [6, 6.07) is 4.06. The van der Waals surface area contributed by atoms with E-state index in [0.29, 0.717) is 0 Å². The van der Waals surface area contributed by atoms with Crippen LogP contribution in [0.15, 0.2) is 18.3 Å². The maximum atomic E-state index is 7.17. The van der Waals surface area contributed by atoms with E-state index in [0.717, 1.165) is 0 Å². The van der Waals surface area contributed by atoms with Crippen molar-refractivity contribution in [3.05, 3.63) is 18.3 Å². The van der Waals surface area contributed by atoms with Gasteiger partial charge in [-0.1, -0.05) is 0 Å². The Morgan fingerprint density at radius 3 is 1.91 bits per heavy atom. The fourth-order valence-electron chi connectivity index (χ4n) is 0.554. The van der Waals surface area contributed by atoms with Crippen LogP contribution in [0.5, 0.6) is 0 Å². The summed E-state index contributed by atoms with van der Waals surface area (Å²) in [6.07, 6.45) is 1.82. The van der Waals surface area contributed by atoms with Crippen LogP contribution in [0.25, 0.3) is 11.3 Å². The Kier molecular flexibility index (Phi) is 4.91. The minimum Gasteiger partial charge on any atom is -0.256 e. The summed E-state index contributed by atoms with van der Waals surface area (Å²) < 4.78 is 0. The molecule has 0 unspecified atom stereocenters. The number of nitrogens with zero attached hydrogens (tertiary/aromatic N) is 1. The number of hydrogen-bond donors (Lipinski definition) is 3. The number of rotatable bonds is 0. The number of hydrogen-bond acceptors (Lipinski definition) is 4. The molecule has 2 rings (SSSR count). The van der Waals surface area contributed by atoms with Gasteiger partial charge in [0.25, 0.3) is 0 Å². The van der Waals surface area contributed by atoms with Crippen LogP contribution in [-0.2, 0) is 0 Å². The third-order valence-corrected chi connectivity index (χ3v) is 0.972. The molecule has 1 heterocycles. The van der Waals surface area contributed by atoms with Crippen molar-refractivity contribution in [1.82, 2.24) is 4.98 Å². The molecule has 0 atom stereocenters. The zero-order valence-electron chi connectivity index (χ0n) is 5.10. The Bertz CT molecular complexity index is 213. The second-order valence-corrected chi connectivity index (χ2v) is 1.78. The Labute approximate surface area is 86.4 Å². The zero-order valence-corrected chi connectivity index (χ0v) is 5.10. The van der Waals surface area contributed by atoms with Crippen molar-refractivity contribution >= 4 is 36.9 Å². The molecule has 1 aliphatic heterocycles. The fraction of sp³-hybridized carbons (Fsp3) is 0. The molecule has 0 amide bonds. The predicted octanol–water partition coefficient (Wildman–Crippen LogP) is -1.64. The third kappa shape index (κ3) is 4.52. The zero-order chi connectivity index (χ0) is 7.56. The minimum absolute atomic E-state index is 0. The van der Waals surface area contributed by atoms with Crippen LogP contribution in [0.3, 0.4) is 0 Å². The van der Waals surface area contributed by atoms with E-state index >= 15 is 0 Å². The van der Waals surface area contributed by atoms with E-state index in [4.69, 9.17) is 15.1 Å². The Balaban J connectivity index is 0.000000183. The van der Waals surface area contributed by atoms with Gasteiger partial charge in [0, 0.05) is 11.8 Å². The molecule has 6 heteroatoms. The Hall–Kier alpha value is 0.0949. The molecule has 11 heavy (non-hydrogen) atoms. The summed E-state index contributed by atoms with van der Waals surface area (Å²) in [5.74, 6) is 0. The summed E-state index contributed by atoms with van der Waals surface area (Å²) in [5.41, 5.74) is 2.49. The molecule has 0 aromatic heterocycles. The van der Waals surface area contributed by atoms with Gasteiger partial charge in [-0.3, -0.25) is 4.98 Å². The third-order valence-electron chi connectivity index (χ3n) is 0.972. The molecule has 0 fully saturated rings. The smallest absolute Gasteiger partial charge is 0.0710 e. The average molecular weight is 163 g/mol. The summed E-state index contributed by atoms with van der Waals surface area (Å²) in [6.45, 7) is 0. The van der Waals surface area contributed by atoms with Crippen molar-refractivity contribution in [2.45, 2.75) is 0 Å². The van der Waals surface area contributed by atoms with Crippen molar-refractivity contribution in [3.63, 3.8) is 0 Å². The van der Waals surface area contributed by atoms with Crippen LogP contribution in [0.1, 0.15) is 0 Å². The second-order valence-electron chi connectivity index (χ2n) is 1.78. The van der Waals surface area contributed by atoms with Crippen molar-refractivity contribution in [1.29, 1.82) is 0 Å². The van der Waals surface area contributed by atoms with Crippen molar-refractivity contribution in [2.24, 2.45) is 0 Å². The largest absolute Gasteiger partial charge is 0.256 e. The molecule has 4 nitrogen and oxygen atoms in total. The van der Waals surface area contributed by atoms with E-state index in [1.807, 2.05) is 12.3 Å². The van der Waals surface area contributed by atoms with Gasteiger partial charge in [-0.25, -0.2) is 0 Å². The van der Waals surface area contributed by atoms with E-state index in [9.17, 15) is 0 Å². The first-order chi connectivity index (χ1) is 4.70. The topological polar surface area (TPSA) is 73.6 Å². The van der Waals surface area contributed by atoms with Gasteiger partial charge in [0.2, 0.25) is 0 Å². The van der Waals surface area contributed by atoms with Crippen molar-refractivity contribution < 1.29 is 15.1 Å². The molecule has 0 radical (unpaired) electrons. The van der Waals surface area contributed by atoms with Gasteiger partial charge in [-0.15, -0.1) is 0 Å². The standard InChI is InChI=1S/C5H3N.BH3O3.Na.H/c1-2-6-5-3-4(1)5;2-1(3)4;;/h1-3H;2-4H;;. The number of pyridine rings is 1. The van der Waals surface area contributed by atoms with E-state index in [-0.39, 0.29) is 29.6 Å². The first kappa shape index (κ1) is 11.1. The van der Waals surface area contributed by atoms with Crippen LogP contribution in [0.2, 0.25) is 0 Å². The van der Waals surface area contributed by atoms with Crippen LogP contribution in [0, 0.1) is 0 Å². The van der Waals surface area contributed by atoms with Crippen molar-refractivity contribution in [2.75, 3.05) is 0 Å². The summed E-state index contributed by atoms with van der Waals surface area (Å²) >= 11 is 0. The van der Waals surface area contributed by atoms with Gasteiger partial charge < -0.3 is 15.1 Å². The number of aromatic nitrogens is 1. The second kappa shape index (κ2) is 4.87. The van der Waals surface area contributed by atoms with Gasteiger partial charge >= 0.3 is 36.9 Å². The van der Waals surface area contributed by atoms with Crippen LogP contribution < -0.4 is 0 Å². The Morgan fingerprint density at radius 1 is 1.27 bits per heavy atom. The Morgan fingerprint density at radius 2 is 1.82 bits per heavy atom. The molecule has 0 spiro atoms. The molecule has 0 saturated heterocycles. The number of fused-ring (bicyclic) bond motifs is 1. The molecule has 54 valence electrons. The summed E-state index contributed by atoms with van der Waals surface area (Å²) in [5, 5.41) is 21.5. The van der Waals surface area contributed by atoms with E-state index in [2.05, 4.69) is 11.1 Å². The van der Waals surface area contributed by atoms with Gasteiger partial charge in [0.1, 0.15) is 0 Å². The molecule has 0 aromatic carbocycles. The minimum atomic E-state index is -2.17. The molecule has 3 N–H and O–H groups in total. The van der Waals surface area contributed by atoms with Gasteiger partial charge in [-0.2, -0.15) is 0 Å². The molecule has 0 aromatic rings. The summed E-state index contributed by atoms with van der Waals surface area (Å²) in [7, 11) is -2.17. The maximum Gasteiger partial charge on any atom is 0.0710 e. The normalized spacial score (nSPS) is 8.64. The molecule has 2 aliphatic rings. The van der Waals surface area contributed by atoms with Gasteiger partial charge in [0.15, 0.2) is 0 Å². The first-order valence-electron chi connectivity index (χ1n) is 2.71. The van der Waals surface area contributed by atoms with Crippen LogP contribution in [0.4, 0.5) is 0 Å². The molecular weight excluding hydrogens is 156 g/mol. The first-order valence-corrected chi connectivity index (χ1v) is 2.71. The molecular formula is C5H7BNNaO3. The van der Waals surface area contributed by atoms with Gasteiger partial charge in [-0.05, 0) is 12.1 Å². The van der Waals surface area contributed by atoms with E-state index in [1.54, 1.807) is 0 Å². The summed E-state index contributed by atoms with van der Waals surface area (Å²) in [4.78, 5) is 3.95. The van der Waals surface area contributed by atoms with Crippen LogP contribution >= 0.6 is 0 Å². The molecule has 1 aliphatic carbocycles. The van der Waals surface area contributed by atoms with Crippen molar-refractivity contribution in [3.8, 4) is 11.3 Å². The maximum absolute atomic E-state index is 7.17. The van der Waals surface area contributed by atoms with Crippen LogP contribution in [-0.4, -0.2) is 56.9 Å². The quantitative estimate of drug-likeness (QED) is 0.407.